The molecule has 1 aliphatic heterocycles. The highest BCUT2D eigenvalue weighted by Crippen LogP contribution is 2.41. The van der Waals surface area contributed by atoms with Gasteiger partial charge in [-0.2, -0.15) is 13.2 Å². The number of carbonyl (C=O) groups excluding carboxylic acids is 3. The first-order valence-corrected chi connectivity index (χ1v) is 15.3. The Morgan fingerprint density at radius 3 is 2.45 bits per heavy atom. The van der Waals surface area contributed by atoms with Gasteiger partial charge in [0.25, 0.3) is 11.8 Å². The molecule has 1 fully saturated rings. The molecule has 250 valence electrons. The lowest BCUT2D eigenvalue weighted by atomic mass is 9.83. The highest BCUT2D eigenvalue weighted by atomic mass is 19.4. The first kappa shape index (κ1) is 33.4. The standard InChI is InChI=1S/C31H37F3N10O3/c1-4-22(38-17-36-16-35-2)28(43-11-13-44(14-12-43)29(46)27-26-24(9-10-37-27)39-18-40-26)30(47)42(3)15-25(45)41-23-8-7-21(31(32,33)34)19-5-6-20(19)23/h7-10,17-18,35H,4-6,11-16H2,1-3H3,(H,36,38)(H,39,40)(H,41,45)/b28-22+. The number of fused-ring (bicyclic) bond motifs is 2. The highest BCUT2D eigenvalue weighted by molar-refractivity contribution is 6.03. The first-order chi connectivity index (χ1) is 22.5. The van der Waals surface area contributed by atoms with E-state index in [2.05, 4.69) is 35.9 Å². The Hall–Kier alpha value is -4.99. The average molecular weight is 655 g/mol. The molecule has 5 rings (SSSR count). The maximum atomic E-state index is 14.0. The van der Waals surface area contributed by atoms with Gasteiger partial charge in [-0.3, -0.25) is 19.4 Å². The van der Waals surface area contributed by atoms with E-state index in [1.165, 1.54) is 30.7 Å². The number of aromatic amines is 1. The van der Waals surface area contributed by atoms with Gasteiger partial charge in [-0.1, -0.05) is 6.92 Å². The lowest BCUT2D eigenvalue weighted by Gasteiger charge is -2.38. The lowest BCUT2D eigenvalue weighted by Crippen LogP contribution is -2.51. The Labute approximate surface area is 269 Å². The van der Waals surface area contributed by atoms with Gasteiger partial charge in [0, 0.05) is 50.8 Å². The van der Waals surface area contributed by atoms with Crippen molar-refractivity contribution in [2.45, 2.75) is 32.4 Å². The third-order valence-corrected chi connectivity index (χ3v) is 8.21. The molecular weight excluding hydrogens is 617 g/mol. The van der Waals surface area contributed by atoms with Crippen LogP contribution in [0.1, 0.15) is 40.5 Å². The number of rotatable bonds is 11. The number of likely N-dealkylation sites (N-methyl/N-ethyl adjacent to an activating group) is 1. The Bertz CT molecular complexity index is 1710. The van der Waals surface area contributed by atoms with Gasteiger partial charge in [0.05, 0.1) is 37.0 Å². The van der Waals surface area contributed by atoms with E-state index < -0.39 is 23.6 Å². The molecule has 16 heteroatoms. The number of nitrogens with one attached hydrogen (secondary N) is 4. The summed E-state index contributed by atoms with van der Waals surface area (Å²) in [6.45, 7) is 3.20. The molecule has 0 radical (unpaired) electrons. The van der Waals surface area contributed by atoms with Crippen LogP contribution in [0.25, 0.3) is 11.0 Å². The van der Waals surface area contributed by atoms with Crippen LogP contribution in [0.2, 0.25) is 0 Å². The third-order valence-electron chi connectivity index (χ3n) is 8.21. The van der Waals surface area contributed by atoms with Crippen molar-refractivity contribution in [1.82, 2.24) is 40.3 Å². The Balaban J connectivity index is 1.30. The number of aliphatic imine (C=N–C) groups is 1. The van der Waals surface area contributed by atoms with Gasteiger partial charge in [-0.25, -0.2) is 9.97 Å². The molecular formula is C31H37F3N10O3. The largest absolute Gasteiger partial charge is 0.416 e. The summed E-state index contributed by atoms with van der Waals surface area (Å²) < 4.78 is 40.1. The fraction of sp³-hybridized carbons (Fsp3) is 0.419. The van der Waals surface area contributed by atoms with Crippen molar-refractivity contribution < 1.29 is 27.6 Å². The maximum Gasteiger partial charge on any atom is 0.416 e. The number of allylic oxidation sites excluding steroid dienone is 1. The molecule has 3 aromatic rings. The normalized spacial score (nSPS) is 15.3. The van der Waals surface area contributed by atoms with Gasteiger partial charge in [-0.15, -0.1) is 0 Å². The number of benzene rings is 1. The number of alkyl halides is 3. The number of hydrogen-bond acceptors (Lipinski definition) is 8. The molecule has 47 heavy (non-hydrogen) atoms. The molecule has 2 aromatic heterocycles. The average Bonchev–Trinajstić information content (AvgIpc) is 3.51. The van der Waals surface area contributed by atoms with Crippen molar-refractivity contribution in [3.05, 3.63) is 64.5 Å². The van der Waals surface area contributed by atoms with Crippen molar-refractivity contribution in [2.24, 2.45) is 4.99 Å². The summed E-state index contributed by atoms with van der Waals surface area (Å²) in [5.41, 5.74) is 2.63. The van der Waals surface area contributed by atoms with E-state index in [1.807, 2.05) is 11.8 Å². The summed E-state index contributed by atoms with van der Waals surface area (Å²) in [6.07, 6.45) is 1.25. The van der Waals surface area contributed by atoms with Crippen LogP contribution < -0.4 is 16.0 Å². The molecule has 0 atom stereocenters. The minimum atomic E-state index is -4.46. The van der Waals surface area contributed by atoms with Crippen molar-refractivity contribution in [3.63, 3.8) is 0 Å². The van der Waals surface area contributed by atoms with Gasteiger partial charge in [0.1, 0.15) is 11.2 Å². The maximum absolute atomic E-state index is 14.0. The van der Waals surface area contributed by atoms with Crippen LogP contribution in [0.4, 0.5) is 18.9 Å². The van der Waals surface area contributed by atoms with Crippen LogP contribution in [0.15, 0.2) is 47.1 Å². The Morgan fingerprint density at radius 2 is 1.79 bits per heavy atom. The van der Waals surface area contributed by atoms with Crippen molar-refractivity contribution >= 4 is 40.8 Å². The Morgan fingerprint density at radius 1 is 1.06 bits per heavy atom. The molecule has 1 aliphatic carbocycles. The second-order valence-corrected chi connectivity index (χ2v) is 11.2. The Kier molecular flexibility index (Phi) is 10.1. The number of pyridine rings is 1. The summed E-state index contributed by atoms with van der Waals surface area (Å²) in [6, 6.07) is 3.98. The van der Waals surface area contributed by atoms with Crippen LogP contribution in [-0.4, -0.2) is 107 Å². The second kappa shape index (κ2) is 14.2. The molecule has 1 saturated heterocycles. The number of amides is 3. The summed E-state index contributed by atoms with van der Waals surface area (Å²) in [7, 11) is 3.24. The molecule has 0 bridgehead atoms. The van der Waals surface area contributed by atoms with E-state index in [-0.39, 0.29) is 23.7 Å². The van der Waals surface area contributed by atoms with E-state index in [9.17, 15) is 27.6 Å². The van der Waals surface area contributed by atoms with E-state index >= 15 is 0 Å². The minimum Gasteiger partial charge on any atom is -0.362 e. The number of imidazole rings is 1. The number of piperazine rings is 1. The molecule has 4 N–H and O–H groups in total. The fourth-order valence-corrected chi connectivity index (χ4v) is 5.74. The zero-order chi connectivity index (χ0) is 33.7. The summed E-state index contributed by atoms with van der Waals surface area (Å²) in [5, 5.41) is 8.71. The number of carbonyl (C=O) groups is 3. The second-order valence-electron chi connectivity index (χ2n) is 11.2. The first-order valence-electron chi connectivity index (χ1n) is 15.3. The lowest BCUT2D eigenvalue weighted by molar-refractivity contribution is -0.138. The predicted octanol–water partition coefficient (Wildman–Crippen LogP) is 2.35. The monoisotopic (exact) mass is 654 g/mol. The van der Waals surface area contributed by atoms with Gasteiger partial charge in [-0.05, 0) is 55.6 Å². The number of nitrogens with zero attached hydrogens (tertiary/aromatic N) is 6. The van der Waals surface area contributed by atoms with E-state index in [1.54, 1.807) is 24.2 Å². The van der Waals surface area contributed by atoms with Gasteiger partial charge < -0.3 is 35.6 Å². The van der Waals surface area contributed by atoms with Crippen LogP contribution >= 0.6 is 0 Å². The highest BCUT2D eigenvalue weighted by Gasteiger charge is 2.37. The SMILES string of the molecule is CC/C(N/C=N/CNC)=C(/C(=O)N(C)CC(=O)Nc1ccc(C(F)(F)F)c2c1CC2)N1CCN(C(=O)c2nccc3[nH]cnc23)CC1. The molecule has 1 aromatic carbocycles. The molecule has 0 spiro atoms. The van der Waals surface area contributed by atoms with Crippen molar-refractivity contribution in [2.75, 3.05) is 58.8 Å². The summed E-state index contributed by atoms with van der Waals surface area (Å²) in [4.78, 5) is 60.9. The van der Waals surface area contributed by atoms with Crippen LogP contribution in [0, 0.1) is 0 Å². The van der Waals surface area contributed by atoms with Crippen LogP contribution in [0.3, 0.4) is 0 Å². The number of halogens is 3. The number of anilines is 1. The summed E-state index contributed by atoms with van der Waals surface area (Å²) in [5.74, 6) is -1.24. The van der Waals surface area contributed by atoms with E-state index in [0.717, 1.165) is 6.07 Å². The predicted molar refractivity (Wildman–Crippen MR) is 169 cm³/mol. The molecule has 13 nitrogen and oxygen atoms in total. The van der Waals surface area contributed by atoms with E-state index in [0.29, 0.717) is 85.8 Å². The fourth-order valence-electron chi connectivity index (χ4n) is 5.74. The molecule has 3 heterocycles. The van der Waals surface area contributed by atoms with Gasteiger partial charge in [0.15, 0.2) is 5.69 Å². The number of H-pyrrole nitrogens is 1. The number of aromatic nitrogens is 3. The molecule has 3 amide bonds. The van der Waals surface area contributed by atoms with Crippen LogP contribution in [0.5, 0.6) is 0 Å². The zero-order valence-corrected chi connectivity index (χ0v) is 26.4. The van der Waals surface area contributed by atoms with Gasteiger partial charge in [0.2, 0.25) is 5.91 Å². The molecule has 0 saturated carbocycles. The van der Waals surface area contributed by atoms with E-state index in [4.69, 9.17) is 0 Å². The smallest absolute Gasteiger partial charge is 0.362 e. The third kappa shape index (κ3) is 7.21. The zero-order valence-electron chi connectivity index (χ0n) is 26.4. The van der Waals surface area contributed by atoms with Crippen molar-refractivity contribution in [3.8, 4) is 0 Å². The number of hydrogen-bond donors (Lipinski definition) is 4. The van der Waals surface area contributed by atoms with Gasteiger partial charge >= 0.3 is 6.18 Å². The quantitative estimate of drug-likeness (QED) is 0.140. The van der Waals surface area contributed by atoms with Crippen LogP contribution in [-0.2, 0) is 28.6 Å². The molecule has 0 unspecified atom stereocenters. The summed E-state index contributed by atoms with van der Waals surface area (Å²) >= 11 is 0. The molecule has 2 aliphatic rings. The minimum absolute atomic E-state index is 0.193. The van der Waals surface area contributed by atoms with Crippen molar-refractivity contribution in [1.29, 1.82) is 0 Å². The topological polar surface area (TPSA) is 151 Å².